The van der Waals surface area contributed by atoms with Crippen molar-refractivity contribution in [3.8, 4) is 6.07 Å². The Morgan fingerprint density at radius 2 is 1.86 bits per heavy atom. The summed E-state index contributed by atoms with van der Waals surface area (Å²) in [6.07, 6.45) is 0. The second-order valence-corrected chi connectivity index (χ2v) is 5.88. The Kier molecular flexibility index (Phi) is 2.69. The average Bonchev–Trinajstić information content (AvgIpc) is 2.51. The van der Waals surface area contributed by atoms with Crippen LogP contribution in [0.25, 0.3) is 0 Å². The molecule has 1 aromatic rings. The van der Waals surface area contributed by atoms with Crippen LogP contribution >= 0.6 is 11.3 Å². The second kappa shape index (κ2) is 3.36. The normalized spacial score (nSPS) is 12.6. The first-order chi connectivity index (χ1) is 6.27. The van der Waals surface area contributed by atoms with Gasteiger partial charge in [-0.1, -0.05) is 20.8 Å². The van der Waals surface area contributed by atoms with Gasteiger partial charge in [-0.15, -0.1) is 11.3 Å². The Hall–Kier alpha value is -0.880. The molecule has 1 rings (SSSR count). The van der Waals surface area contributed by atoms with Gasteiger partial charge in [0, 0.05) is 10.8 Å². The Bertz CT molecular complexity index is 363. The van der Waals surface area contributed by atoms with E-state index in [-0.39, 0.29) is 5.41 Å². The van der Waals surface area contributed by atoms with E-state index >= 15 is 0 Å². The fourth-order valence-electron chi connectivity index (χ4n) is 0.963. The number of hydrogen-bond acceptors (Lipinski definition) is 3. The van der Waals surface area contributed by atoms with E-state index in [4.69, 9.17) is 5.26 Å². The molecule has 1 aromatic heterocycles. The summed E-state index contributed by atoms with van der Waals surface area (Å²) in [7, 11) is 0. The van der Waals surface area contributed by atoms with Crippen molar-refractivity contribution < 1.29 is 0 Å². The van der Waals surface area contributed by atoms with Crippen molar-refractivity contribution in [2.45, 2.75) is 45.4 Å². The predicted octanol–water partition coefficient (Wildman–Crippen LogP) is 3.24. The highest BCUT2D eigenvalue weighted by Gasteiger charge is 2.26. The lowest BCUT2D eigenvalue weighted by atomic mass is 9.92. The van der Waals surface area contributed by atoms with Gasteiger partial charge in [0.15, 0.2) is 0 Å². The van der Waals surface area contributed by atoms with Crippen molar-refractivity contribution in [2.75, 3.05) is 0 Å². The molecular formula is C11H16N2S. The number of rotatable bonds is 1. The summed E-state index contributed by atoms with van der Waals surface area (Å²) in [5, 5.41) is 12.1. The van der Waals surface area contributed by atoms with Gasteiger partial charge >= 0.3 is 0 Å². The lowest BCUT2D eigenvalue weighted by Crippen LogP contribution is -2.16. The molecule has 0 bridgehead atoms. The zero-order valence-electron chi connectivity index (χ0n) is 9.38. The molecule has 0 saturated heterocycles. The van der Waals surface area contributed by atoms with E-state index in [9.17, 15) is 0 Å². The van der Waals surface area contributed by atoms with Crippen LogP contribution in [0.3, 0.4) is 0 Å². The fourth-order valence-corrected chi connectivity index (χ4v) is 2.04. The van der Waals surface area contributed by atoms with Crippen molar-refractivity contribution in [3.63, 3.8) is 0 Å². The third-order valence-corrected chi connectivity index (χ3v) is 3.33. The standard InChI is InChI=1S/C11H16N2S/c1-10(2,3)9-13-8(6-14-9)11(4,5)7-12/h6H,1-5H3. The van der Waals surface area contributed by atoms with Gasteiger partial charge < -0.3 is 0 Å². The number of nitriles is 1. The van der Waals surface area contributed by atoms with E-state index in [0.717, 1.165) is 10.7 Å². The van der Waals surface area contributed by atoms with Gasteiger partial charge in [0.25, 0.3) is 0 Å². The van der Waals surface area contributed by atoms with E-state index < -0.39 is 5.41 Å². The van der Waals surface area contributed by atoms with Gasteiger partial charge in [0.2, 0.25) is 0 Å². The molecule has 0 atom stereocenters. The molecule has 0 aliphatic heterocycles. The molecule has 0 aliphatic rings. The third-order valence-electron chi connectivity index (χ3n) is 2.07. The maximum atomic E-state index is 8.97. The Morgan fingerprint density at radius 3 is 2.21 bits per heavy atom. The molecule has 0 amide bonds. The smallest absolute Gasteiger partial charge is 0.0982 e. The minimum absolute atomic E-state index is 0.0778. The molecule has 0 radical (unpaired) electrons. The van der Waals surface area contributed by atoms with E-state index in [1.54, 1.807) is 11.3 Å². The van der Waals surface area contributed by atoms with Gasteiger partial charge in [0.1, 0.15) is 0 Å². The van der Waals surface area contributed by atoms with E-state index in [1.165, 1.54) is 0 Å². The SMILES string of the molecule is CC(C)(C)c1nc(C(C)(C)C#N)cs1. The Morgan fingerprint density at radius 1 is 1.29 bits per heavy atom. The summed E-state index contributed by atoms with van der Waals surface area (Å²) in [5.41, 5.74) is 0.490. The number of nitrogens with zero attached hydrogens (tertiary/aromatic N) is 2. The van der Waals surface area contributed by atoms with Crippen LogP contribution in [0.5, 0.6) is 0 Å². The zero-order chi connectivity index (χ0) is 11.0. The van der Waals surface area contributed by atoms with Crippen LogP contribution in [0.1, 0.15) is 45.3 Å². The van der Waals surface area contributed by atoms with E-state index in [1.807, 2.05) is 19.2 Å². The molecule has 0 unspecified atom stereocenters. The topological polar surface area (TPSA) is 36.7 Å². The van der Waals surface area contributed by atoms with E-state index in [2.05, 4.69) is 31.8 Å². The van der Waals surface area contributed by atoms with Crippen LogP contribution in [-0.4, -0.2) is 4.98 Å². The number of aromatic nitrogens is 1. The maximum absolute atomic E-state index is 8.97. The van der Waals surface area contributed by atoms with Crippen molar-refractivity contribution in [1.82, 2.24) is 4.98 Å². The largest absolute Gasteiger partial charge is 0.244 e. The Labute approximate surface area is 89.6 Å². The summed E-state index contributed by atoms with van der Waals surface area (Å²) in [6, 6.07) is 2.27. The van der Waals surface area contributed by atoms with Crippen LogP contribution in [0.2, 0.25) is 0 Å². The maximum Gasteiger partial charge on any atom is 0.0982 e. The first-order valence-electron chi connectivity index (χ1n) is 4.65. The van der Waals surface area contributed by atoms with Gasteiger partial charge in [-0.2, -0.15) is 5.26 Å². The zero-order valence-corrected chi connectivity index (χ0v) is 10.2. The summed E-state index contributed by atoms with van der Waals surface area (Å²) >= 11 is 1.64. The quantitative estimate of drug-likeness (QED) is 0.710. The van der Waals surface area contributed by atoms with Crippen LogP contribution in [0.4, 0.5) is 0 Å². The lowest BCUT2D eigenvalue weighted by Gasteiger charge is -2.15. The highest BCUT2D eigenvalue weighted by molar-refractivity contribution is 7.09. The molecule has 0 aliphatic carbocycles. The molecule has 0 fully saturated rings. The highest BCUT2D eigenvalue weighted by Crippen LogP contribution is 2.30. The van der Waals surface area contributed by atoms with Crippen LogP contribution in [-0.2, 0) is 10.8 Å². The molecule has 1 heterocycles. The van der Waals surface area contributed by atoms with Gasteiger partial charge in [-0.25, -0.2) is 4.98 Å². The lowest BCUT2D eigenvalue weighted by molar-refractivity contribution is 0.573. The molecule has 2 nitrogen and oxygen atoms in total. The van der Waals surface area contributed by atoms with Gasteiger partial charge in [-0.3, -0.25) is 0 Å². The fraction of sp³-hybridized carbons (Fsp3) is 0.636. The molecule has 0 N–H and O–H groups in total. The van der Waals surface area contributed by atoms with Crippen LogP contribution < -0.4 is 0 Å². The first kappa shape index (κ1) is 11.2. The number of thiazole rings is 1. The molecular weight excluding hydrogens is 192 g/mol. The molecule has 3 heteroatoms. The summed E-state index contributed by atoms with van der Waals surface area (Å²) in [4.78, 5) is 4.52. The molecule has 14 heavy (non-hydrogen) atoms. The number of hydrogen-bond donors (Lipinski definition) is 0. The highest BCUT2D eigenvalue weighted by atomic mass is 32.1. The minimum atomic E-state index is -0.472. The Balaban J connectivity index is 3.08. The summed E-state index contributed by atoms with van der Waals surface area (Å²) in [5.74, 6) is 0. The molecule has 0 spiro atoms. The summed E-state index contributed by atoms with van der Waals surface area (Å²) in [6.45, 7) is 10.2. The second-order valence-electron chi connectivity index (χ2n) is 5.02. The molecule has 0 aromatic carbocycles. The molecule has 0 saturated carbocycles. The molecule has 76 valence electrons. The average molecular weight is 208 g/mol. The van der Waals surface area contributed by atoms with Crippen molar-refractivity contribution in [1.29, 1.82) is 5.26 Å². The third kappa shape index (κ3) is 2.13. The van der Waals surface area contributed by atoms with Crippen molar-refractivity contribution >= 4 is 11.3 Å². The first-order valence-corrected chi connectivity index (χ1v) is 5.53. The van der Waals surface area contributed by atoms with Gasteiger partial charge in [0.05, 0.1) is 22.2 Å². The minimum Gasteiger partial charge on any atom is -0.244 e. The predicted molar refractivity (Wildman–Crippen MR) is 59.5 cm³/mol. The van der Waals surface area contributed by atoms with Crippen molar-refractivity contribution in [3.05, 3.63) is 16.1 Å². The van der Waals surface area contributed by atoms with Crippen molar-refractivity contribution in [2.24, 2.45) is 0 Å². The van der Waals surface area contributed by atoms with Crippen LogP contribution in [0, 0.1) is 11.3 Å². The monoisotopic (exact) mass is 208 g/mol. The van der Waals surface area contributed by atoms with E-state index in [0.29, 0.717) is 0 Å². The van der Waals surface area contributed by atoms with Crippen LogP contribution in [0.15, 0.2) is 5.38 Å². The summed E-state index contributed by atoms with van der Waals surface area (Å²) < 4.78 is 0. The van der Waals surface area contributed by atoms with Gasteiger partial charge in [-0.05, 0) is 13.8 Å².